The Hall–Kier alpha value is -0.700. The summed E-state index contributed by atoms with van der Waals surface area (Å²) in [4.78, 5) is 11.3. The lowest BCUT2D eigenvalue weighted by Gasteiger charge is -2.14. The zero-order chi connectivity index (χ0) is 16.2. The Balaban J connectivity index is 3.08. The summed E-state index contributed by atoms with van der Waals surface area (Å²) >= 11 is 3.03. The fourth-order valence-electron chi connectivity index (χ4n) is 1.58. The van der Waals surface area contributed by atoms with E-state index in [0.29, 0.717) is 13.0 Å². The van der Waals surface area contributed by atoms with E-state index in [1.165, 1.54) is 13.2 Å². The van der Waals surface area contributed by atoms with Crippen LogP contribution >= 0.6 is 26.6 Å². The van der Waals surface area contributed by atoms with E-state index in [4.69, 9.17) is 15.4 Å². The SMILES string of the molecule is COCCC(C)NC(=O)c1cc(Br)cc(S(=O)(=O)Cl)c1F. The van der Waals surface area contributed by atoms with Gasteiger partial charge in [0.1, 0.15) is 4.90 Å². The third-order valence-corrected chi connectivity index (χ3v) is 4.42. The first kappa shape index (κ1) is 18.3. The summed E-state index contributed by atoms with van der Waals surface area (Å²) in [6.07, 6.45) is 0.540. The predicted octanol–water partition coefficient (Wildman–Crippen LogP) is 2.67. The number of nitrogens with one attached hydrogen (secondary N) is 1. The molecule has 0 aliphatic heterocycles. The minimum Gasteiger partial charge on any atom is -0.385 e. The van der Waals surface area contributed by atoms with Crippen molar-refractivity contribution in [2.45, 2.75) is 24.3 Å². The van der Waals surface area contributed by atoms with Crippen molar-refractivity contribution < 1.29 is 22.3 Å². The van der Waals surface area contributed by atoms with E-state index in [1.807, 2.05) is 0 Å². The molecule has 5 nitrogen and oxygen atoms in total. The summed E-state index contributed by atoms with van der Waals surface area (Å²) in [6, 6.07) is 1.94. The summed E-state index contributed by atoms with van der Waals surface area (Å²) in [5.74, 6) is -1.90. The molecule has 1 atom stereocenters. The number of ether oxygens (including phenoxy) is 1. The second kappa shape index (κ2) is 7.53. The number of hydrogen-bond donors (Lipinski definition) is 1. The van der Waals surface area contributed by atoms with Crippen molar-refractivity contribution in [3.8, 4) is 0 Å². The molecule has 1 aromatic rings. The molecular weight excluding hydrogens is 389 g/mol. The summed E-state index contributed by atoms with van der Waals surface area (Å²) < 4.78 is 41.8. The van der Waals surface area contributed by atoms with Crippen LogP contribution in [0, 0.1) is 5.82 Å². The van der Waals surface area contributed by atoms with Crippen LogP contribution in [-0.4, -0.2) is 34.1 Å². The van der Waals surface area contributed by atoms with E-state index in [1.54, 1.807) is 6.92 Å². The molecule has 0 aliphatic rings. The summed E-state index contributed by atoms with van der Waals surface area (Å²) in [6.45, 7) is 2.16. The quantitative estimate of drug-likeness (QED) is 0.743. The van der Waals surface area contributed by atoms with Gasteiger partial charge in [0.25, 0.3) is 15.0 Å². The van der Waals surface area contributed by atoms with E-state index >= 15 is 0 Å². The highest BCUT2D eigenvalue weighted by molar-refractivity contribution is 9.10. The largest absolute Gasteiger partial charge is 0.385 e. The first-order valence-corrected chi connectivity index (χ1v) is 9.00. The van der Waals surface area contributed by atoms with Crippen LogP contribution in [0.25, 0.3) is 0 Å². The van der Waals surface area contributed by atoms with Gasteiger partial charge in [-0.3, -0.25) is 4.79 Å². The minimum atomic E-state index is -4.29. The smallest absolute Gasteiger partial charge is 0.264 e. The molecule has 0 radical (unpaired) electrons. The topological polar surface area (TPSA) is 72.5 Å². The van der Waals surface area contributed by atoms with Crippen LogP contribution in [-0.2, 0) is 13.8 Å². The maximum absolute atomic E-state index is 14.1. The van der Waals surface area contributed by atoms with Gasteiger partial charge in [-0.05, 0) is 25.5 Å². The molecule has 1 N–H and O–H groups in total. The average Bonchev–Trinajstić information content (AvgIpc) is 2.37. The molecule has 0 saturated heterocycles. The summed E-state index contributed by atoms with van der Waals surface area (Å²) in [5.41, 5.74) is -0.395. The van der Waals surface area contributed by atoms with Crippen LogP contribution in [0.15, 0.2) is 21.5 Å². The van der Waals surface area contributed by atoms with E-state index in [2.05, 4.69) is 21.2 Å². The van der Waals surface area contributed by atoms with Gasteiger partial charge in [0.2, 0.25) is 0 Å². The van der Waals surface area contributed by atoms with Crippen molar-refractivity contribution in [1.82, 2.24) is 5.32 Å². The fraction of sp³-hybridized carbons (Fsp3) is 0.417. The number of methoxy groups -OCH3 is 1. The van der Waals surface area contributed by atoms with Gasteiger partial charge in [-0.1, -0.05) is 15.9 Å². The molecule has 1 rings (SSSR count). The Kier molecular flexibility index (Phi) is 6.58. The molecule has 1 aromatic carbocycles. The molecule has 1 amide bonds. The molecule has 0 spiro atoms. The summed E-state index contributed by atoms with van der Waals surface area (Å²) in [5, 5.41) is 2.56. The van der Waals surface area contributed by atoms with Gasteiger partial charge >= 0.3 is 0 Å². The van der Waals surface area contributed by atoms with Crippen LogP contribution in [0.4, 0.5) is 4.39 Å². The van der Waals surface area contributed by atoms with Crippen LogP contribution < -0.4 is 5.32 Å². The summed E-state index contributed by atoms with van der Waals surface area (Å²) in [7, 11) is 2.39. The molecule has 9 heteroatoms. The molecule has 1 unspecified atom stereocenters. The molecule has 0 aliphatic carbocycles. The Morgan fingerprint density at radius 2 is 2.14 bits per heavy atom. The second-order valence-electron chi connectivity index (χ2n) is 4.36. The Morgan fingerprint density at radius 1 is 1.52 bits per heavy atom. The fourth-order valence-corrected chi connectivity index (χ4v) is 3.11. The van der Waals surface area contributed by atoms with Gasteiger partial charge in [0.15, 0.2) is 5.82 Å². The maximum Gasteiger partial charge on any atom is 0.264 e. The van der Waals surface area contributed by atoms with Gasteiger partial charge in [0.05, 0.1) is 5.56 Å². The average molecular weight is 403 g/mol. The number of amides is 1. The monoisotopic (exact) mass is 401 g/mol. The first-order chi connectivity index (χ1) is 9.66. The lowest BCUT2D eigenvalue weighted by molar-refractivity contribution is 0.0925. The van der Waals surface area contributed by atoms with Crippen molar-refractivity contribution >= 4 is 41.6 Å². The van der Waals surface area contributed by atoms with Crippen molar-refractivity contribution in [2.75, 3.05) is 13.7 Å². The standard InChI is InChI=1S/C12H14BrClFNO4S/c1-7(3-4-20-2)16-12(17)9-5-8(13)6-10(11(9)15)21(14,18)19/h5-7H,3-4H2,1-2H3,(H,16,17). The van der Waals surface area contributed by atoms with E-state index < -0.39 is 31.2 Å². The first-order valence-electron chi connectivity index (χ1n) is 5.90. The zero-order valence-corrected chi connectivity index (χ0v) is 14.5. The molecule has 0 fully saturated rings. The van der Waals surface area contributed by atoms with E-state index in [9.17, 15) is 17.6 Å². The molecule has 0 heterocycles. The van der Waals surface area contributed by atoms with E-state index in [-0.39, 0.29) is 10.5 Å². The molecule has 0 saturated carbocycles. The van der Waals surface area contributed by atoms with E-state index in [0.717, 1.165) is 6.07 Å². The number of carbonyl (C=O) groups excluding carboxylic acids is 1. The Bertz CT molecular complexity index is 638. The third kappa shape index (κ3) is 5.21. The van der Waals surface area contributed by atoms with Crippen LogP contribution in [0.2, 0.25) is 0 Å². The van der Waals surface area contributed by atoms with Crippen molar-refractivity contribution in [1.29, 1.82) is 0 Å². The van der Waals surface area contributed by atoms with Gasteiger partial charge in [-0.25, -0.2) is 12.8 Å². The van der Waals surface area contributed by atoms with Gasteiger partial charge in [-0.15, -0.1) is 0 Å². The second-order valence-corrected chi connectivity index (χ2v) is 7.81. The Morgan fingerprint density at radius 3 is 2.67 bits per heavy atom. The highest BCUT2D eigenvalue weighted by atomic mass is 79.9. The Labute approximate surface area is 135 Å². The van der Waals surface area contributed by atoms with Crippen molar-refractivity contribution in [3.05, 3.63) is 28.0 Å². The van der Waals surface area contributed by atoms with Crippen molar-refractivity contribution in [2.24, 2.45) is 0 Å². The number of carbonyl (C=O) groups is 1. The van der Waals surface area contributed by atoms with Gasteiger partial charge in [-0.2, -0.15) is 0 Å². The third-order valence-electron chi connectivity index (χ3n) is 2.64. The molecule has 21 heavy (non-hydrogen) atoms. The highest BCUT2D eigenvalue weighted by Crippen LogP contribution is 2.26. The maximum atomic E-state index is 14.1. The zero-order valence-electron chi connectivity index (χ0n) is 11.3. The highest BCUT2D eigenvalue weighted by Gasteiger charge is 2.24. The van der Waals surface area contributed by atoms with Crippen LogP contribution in [0.5, 0.6) is 0 Å². The lowest BCUT2D eigenvalue weighted by Crippen LogP contribution is -2.34. The molecule has 118 valence electrons. The van der Waals surface area contributed by atoms with Crippen molar-refractivity contribution in [3.63, 3.8) is 0 Å². The van der Waals surface area contributed by atoms with Crippen LogP contribution in [0.1, 0.15) is 23.7 Å². The number of hydrogen-bond acceptors (Lipinski definition) is 4. The number of benzene rings is 1. The van der Waals surface area contributed by atoms with Gasteiger partial charge < -0.3 is 10.1 Å². The van der Waals surface area contributed by atoms with Gasteiger partial charge in [0, 0.05) is 34.9 Å². The minimum absolute atomic E-state index is 0.234. The number of rotatable bonds is 6. The van der Waals surface area contributed by atoms with Crippen LogP contribution in [0.3, 0.4) is 0 Å². The number of halogens is 3. The molecule has 0 bridgehead atoms. The normalized spacial score (nSPS) is 13.0. The lowest BCUT2D eigenvalue weighted by atomic mass is 10.1. The predicted molar refractivity (Wildman–Crippen MR) is 80.6 cm³/mol. The molecule has 0 aromatic heterocycles. The molecular formula is C12H14BrClFNO4S.